The highest BCUT2D eigenvalue weighted by Crippen LogP contribution is 2.35. The molecule has 2 aliphatic carbocycles. The lowest BCUT2D eigenvalue weighted by molar-refractivity contribution is -0.140. The van der Waals surface area contributed by atoms with Gasteiger partial charge in [0.2, 0.25) is 0 Å². The van der Waals surface area contributed by atoms with Crippen LogP contribution in [0.2, 0.25) is 0 Å². The molecule has 2 unspecified atom stereocenters. The molecular weight excluding hydrogens is 244 g/mol. The third-order valence-corrected chi connectivity index (χ3v) is 4.19. The van der Waals surface area contributed by atoms with Crippen molar-refractivity contribution < 1.29 is 14.6 Å². The van der Waals surface area contributed by atoms with E-state index in [1.807, 2.05) is 0 Å². The molecule has 0 aromatic heterocycles. The fourth-order valence-electron chi connectivity index (χ4n) is 2.52. The molecule has 2 fully saturated rings. The number of ether oxygens (including phenoxy) is 1. The second-order valence-electron chi connectivity index (χ2n) is 5.90. The smallest absolute Gasteiger partial charge is 0.322 e. The average Bonchev–Trinajstić information content (AvgIpc) is 3.25. The molecule has 0 saturated heterocycles. The number of carboxylic acids is 1. The van der Waals surface area contributed by atoms with Gasteiger partial charge in [0.05, 0.1) is 6.61 Å². The van der Waals surface area contributed by atoms with Crippen molar-refractivity contribution in [2.24, 2.45) is 5.92 Å². The van der Waals surface area contributed by atoms with E-state index in [0.717, 1.165) is 25.3 Å². The van der Waals surface area contributed by atoms with Gasteiger partial charge in [0.1, 0.15) is 6.04 Å². The molecule has 0 aromatic rings. The molecule has 2 saturated carbocycles. The highest BCUT2D eigenvalue weighted by atomic mass is 16.5. The van der Waals surface area contributed by atoms with E-state index in [9.17, 15) is 9.90 Å². The molecule has 2 atom stereocenters. The average molecular weight is 270 g/mol. The fourth-order valence-corrected chi connectivity index (χ4v) is 2.52. The van der Waals surface area contributed by atoms with Gasteiger partial charge in [-0.3, -0.25) is 9.69 Å². The van der Waals surface area contributed by atoms with Crippen LogP contribution < -0.4 is 5.32 Å². The molecule has 5 heteroatoms. The standard InChI is InChI=1S/C14H26N2O3/c1-10(11-3-4-11)16(7-8-19-2)9-13(14(17)18)15-12-5-6-12/h10-13,15H,3-9H2,1-2H3,(H,17,18). The van der Waals surface area contributed by atoms with Gasteiger partial charge in [0.15, 0.2) is 0 Å². The van der Waals surface area contributed by atoms with Gasteiger partial charge < -0.3 is 15.2 Å². The number of nitrogens with zero attached hydrogens (tertiary/aromatic N) is 1. The lowest BCUT2D eigenvalue weighted by atomic mass is 10.1. The van der Waals surface area contributed by atoms with Crippen molar-refractivity contribution in [3.05, 3.63) is 0 Å². The highest BCUT2D eigenvalue weighted by Gasteiger charge is 2.35. The Bertz CT molecular complexity index is 303. The van der Waals surface area contributed by atoms with Crippen LogP contribution in [0.3, 0.4) is 0 Å². The fraction of sp³-hybridized carbons (Fsp3) is 0.929. The Kier molecular flexibility index (Phi) is 5.19. The van der Waals surface area contributed by atoms with Crippen LogP contribution in [0.5, 0.6) is 0 Å². The van der Waals surface area contributed by atoms with Crippen LogP contribution >= 0.6 is 0 Å². The van der Waals surface area contributed by atoms with Crippen molar-refractivity contribution in [1.82, 2.24) is 10.2 Å². The quantitative estimate of drug-likeness (QED) is 0.618. The molecule has 2 rings (SSSR count). The number of methoxy groups -OCH3 is 1. The molecule has 0 heterocycles. The third kappa shape index (κ3) is 4.75. The molecule has 2 aliphatic rings. The number of hydrogen-bond acceptors (Lipinski definition) is 4. The van der Waals surface area contributed by atoms with Crippen molar-refractivity contribution in [3.8, 4) is 0 Å². The molecule has 19 heavy (non-hydrogen) atoms. The Morgan fingerprint density at radius 2 is 2.11 bits per heavy atom. The predicted octanol–water partition coefficient (Wildman–Crippen LogP) is 0.939. The van der Waals surface area contributed by atoms with Crippen LogP contribution in [0, 0.1) is 5.92 Å². The maximum Gasteiger partial charge on any atom is 0.322 e. The van der Waals surface area contributed by atoms with Gasteiger partial charge >= 0.3 is 5.97 Å². The number of hydrogen-bond donors (Lipinski definition) is 2. The molecule has 0 aromatic carbocycles. The van der Waals surface area contributed by atoms with Crippen LogP contribution in [0.15, 0.2) is 0 Å². The number of nitrogens with one attached hydrogen (secondary N) is 1. The summed E-state index contributed by atoms with van der Waals surface area (Å²) in [5.74, 6) is 0.00420. The molecule has 0 spiro atoms. The second kappa shape index (κ2) is 6.68. The van der Waals surface area contributed by atoms with Gasteiger partial charge in [-0.15, -0.1) is 0 Å². The first-order chi connectivity index (χ1) is 9.11. The van der Waals surface area contributed by atoms with E-state index >= 15 is 0 Å². The molecule has 0 aliphatic heterocycles. The zero-order chi connectivity index (χ0) is 13.8. The topological polar surface area (TPSA) is 61.8 Å². The molecule has 5 nitrogen and oxygen atoms in total. The maximum absolute atomic E-state index is 11.4. The summed E-state index contributed by atoms with van der Waals surface area (Å²) in [6.45, 7) is 4.26. The van der Waals surface area contributed by atoms with Crippen molar-refractivity contribution in [3.63, 3.8) is 0 Å². The summed E-state index contributed by atoms with van der Waals surface area (Å²) in [6, 6.07) is 0.421. The number of rotatable bonds is 10. The Balaban J connectivity index is 1.88. The van der Waals surface area contributed by atoms with E-state index in [4.69, 9.17) is 4.74 Å². The van der Waals surface area contributed by atoms with Gasteiger partial charge in [-0.05, 0) is 38.5 Å². The summed E-state index contributed by atoms with van der Waals surface area (Å²) < 4.78 is 5.15. The number of carbonyl (C=O) groups is 1. The van der Waals surface area contributed by atoms with Crippen LogP contribution in [0.1, 0.15) is 32.6 Å². The number of aliphatic carboxylic acids is 1. The Morgan fingerprint density at radius 3 is 2.58 bits per heavy atom. The zero-order valence-electron chi connectivity index (χ0n) is 12.0. The number of carboxylic acid groups (broad SMARTS) is 1. The van der Waals surface area contributed by atoms with Gasteiger partial charge in [0, 0.05) is 32.3 Å². The summed E-state index contributed by atoms with van der Waals surface area (Å²) in [5.41, 5.74) is 0. The normalized spacial score (nSPS) is 22.5. The van der Waals surface area contributed by atoms with E-state index in [2.05, 4.69) is 17.1 Å². The lowest BCUT2D eigenvalue weighted by Crippen LogP contribution is -2.50. The molecule has 110 valence electrons. The molecule has 0 amide bonds. The Hall–Kier alpha value is -0.650. The molecule has 0 bridgehead atoms. The van der Waals surface area contributed by atoms with Gasteiger partial charge in [0.25, 0.3) is 0 Å². The van der Waals surface area contributed by atoms with Crippen LogP contribution in [0.25, 0.3) is 0 Å². The summed E-state index contributed by atoms with van der Waals surface area (Å²) in [7, 11) is 1.69. The highest BCUT2D eigenvalue weighted by molar-refractivity contribution is 5.73. The minimum absolute atomic E-state index is 0.418. The van der Waals surface area contributed by atoms with Crippen molar-refractivity contribution in [2.75, 3.05) is 26.8 Å². The maximum atomic E-state index is 11.4. The zero-order valence-corrected chi connectivity index (χ0v) is 12.0. The first kappa shape index (κ1) is 14.8. The predicted molar refractivity (Wildman–Crippen MR) is 73.2 cm³/mol. The van der Waals surface area contributed by atoms with E-state index in [1.165, 1.54) is 12.8 Å². The lowest BCUT2D eigenvalue weighted by Gasteiger charge is -2.31. The van der Waals surface area contributed by atoms with Crippen LogP contribution in [0.4, 0.5) is 0 Å². The first-order valence-corrected chi connectivity index (χ1v) is 7.33. The summed E-state index contributed by atoms with van der Waals surface area (Å²) in [4.78, 5) is 13.6. The molecule has 2 N–H and O–H groups in total. The van der Waals surface area contributed by atoms with E-state index < -0.39 is 12.0 Å². The van der Waals surface area contributed by atoms with E-state index in [0.29, 0.717) is 25.2 Å². The van der Waals surface area contributed by atoms with Crippen molar-refractivity contribution >= 4 is 5.97 Å². The van der Waals surface area contributed by atoms with Crippen molar-refractivity contribution in [2.45, 2.75) is 50.7 Å². The molecular formula is C14H26N2O3. The van der Waals surface area contributed by atoms with Crippen LogP contribution in [-0.4, -0.2) is 60.9 Å². The van der Waals surface area contributed by atoms with Gasteiger partial charge in [-0.25, -0.2) is 0 Å². The van der Waals surface area contributed by atoms with Crippen molar-refractivity contribution in [1.29, 1.82) is 0 Å². The Morgan fingerprint density at radius 1 is 1.42 bits per heavy atom. The largest absolute Gasteiger partial charge is 0.480 e. The minimum Gasteiger partial charge on any atom is -0.480 e. The minimum atomic E-state index is -0.739. The monoisotopic (exact) mass is 270 g/mol. The van der Waals surface area contributed by atoms with E-state index in [-0.39, 0.29) is 0 Å². The second-order valence-corrected chi connectivity index (χ2v) is 5.90. The summed E-state index contributed by atoms with van der Waals surface area (Å²) >= 11 is 0. The Labute approximate surface area is 115 Å². The third-order valence-electron chi connectivity index (χ3n) is 4.19. The SMILES string of the molecule is COCCN(CC(NC1CC1)C(=O)O)C(C)C1CC1. The summed E-state index contributed by atoms with van der Waals surface area (Å²) in [6.07, 6.45) is 4.77. The summed E-state index contributed by atoms with van der Waals surface area (Å²) in [5, 5.41) is 12.6. The van der Waals surface area contributed by atoms with Crippen LogP contribution in [-0.2, 0) is 9.53 Å². The van der Waals surface area contributed by atoms with Gasteiger partial charge in [-0.1, -0.05) is 0 Å². The first-order valence-electron chi connectivity index (χ1n) is 7.33. The molecule has 0 radical (unpaired) electrons. The van der Waals surface area contributed by atoms with E-state index in [1.54, 1.807) is 7.11 Å². The van der Waals surface area contributed by atoms with Gasteiger partial charge in [-0.2, -0.15) is 0 Å².